The molecule has 1 N–H and O–H groups in total. The second-order valence-corrected chi connectivity index (χ2v) is 8.29. The summed E-state index contributed by atoms with van der Waals surface area (Å²) in [6, 6.07) is 4.03. The summed E-state index contributed by atoms with van der Waals surface area (Å²) in [5.74, 6) is 1.01. The summed E-state index contributed by atoms with van der Waals surface area (Å²) in [4.78, 5) is 25.4. The van der Waals surface area contributed by atoms with Gasteiger partial charge in [-0.2, -0.15) is 0 Å². The molecule has 0 atom stereocenters. The molecule has 1 amide bonds. The van der Waals surface area contributed by atoms with Crippen molar-refractivity contribution in [3.63, 3.8) is 0 Å². The van der Waals surface area contributed by atoms with Crippen LogP contribution in [0.5, 0.6) is 0 Å². The number of hydrogen-bond donors (Lipinski definition) is 1. The summed E-state index contributed by atoms with van der Waals surface area (Å²) in [7, 11) is 4.04. The molecule has 1 aromatic rings. The van der Waals surface area contributed by atoms with E-state index in [9.17, 15) is 4.79 Å². The maximum absolute atomic E-state index is 12.4. The molecular formula is C23H41N5O. The molecule has 0 aliphatic heterocycles. The number of nitrogens with one attached hydrogen (secondary N) is 1. The van der Waals surface area contributed by atoms with Gasteiger partial charge >= 0.3 is 0 Å². The first-order chi connectivity index (χ1) is 14.1. The standard InChI is InChI=1S/C23H39N5O.H2/c1-4-28(15-14-27(2)3)23(29)19-25-18-22-16-21(11-13-26-22)17-24-12-10-20-8-6-5-7-9-20;/h11,13,16-17,20,25H,4-10,12,14-15,18-19H2,1-3H3;1H. The lowest BCUT2D eigenvalue weighted by atomic mass is 9.87. The summed E-state index contributed by atoms with van der Waals surface area (Å²) in [5.41, 5.74) is 2.01. The van der Waals surface area contributed by atoms with E-state index in [1.54, 1.807) is 0 Å². The molecule has 0 bridgehead atoms. The highest BCUT2D eigenvalue weighted by atomic mass is 16.2. The molecule has 1 fully saturated rings. The highest BCUT2D eigenvalue weighted by molar-refractivity contribution is 5.79. The van der Waals surface area contributed by atoms with E-state index in [2.05, 4.69) is 20.2 Å². The molecule has 6 heteroatoms. The van der Waals surface area contributed by atoms with Crippen LogP contribution in [-0.4, -0.2) is 73.7 Å². The number of carbonyl (C=O) groups excluding carboxylic acids is 1. The highest BCUT2D eigenvalue weighted by Crippen LogP contribution is 2.26. The molecule has 2 rings (SSSR count). The van der Waals surface area contributed by atoms with Crippen LogP contribution in [0, 0.1) is 5.92 Å². The number of nitrogens with zero attached hydrogens (tertiary/aromatic N) is 4. The number of aliphatic imine (C=N–C) groups is 1. The van der Waals surface area contributed by atoms with E-state index in [1.165, 1.54) is 38.5 Å². The minimum Gasteiger partial charge on any atom is -0.341 e. The van der Waals surface area contributed by atoms with Crippen LogP contribution < -0.4 is 5.32 Å². The quantitative estimate of drug-likeness (QED) is 0.545. The van der Waals surface area contributed by atoms with Gasteiger partial charge in [0.05, 0.1) is 12.2 Å². The van der Waals surface area contributed by atoms with Crippen LogP contribution in [-0.2, 0) is 11.3 Å². The average Bonchev–Trinajstić information content (AvgIpc) is 2.72. The van der Waals surface area contributed by atoms with Gasteiger partial charge in [-0.3, -0.25) is 14.8 Å². The number of hydrogen-bond acceptors (Lipinski definition) is 5. The first-order valence-electron chi connectivity index (χ1n) is 11.2. The molecule has 164 valence electrons. The number of carbonyl (C=O) groups is 1. The maximum Gasteiger partial charge on any atom is 0.236 e. The smallest absolute Gasteiger partial charge is 0.236 e. The first kappa shape index (κ1) is 23.5. The molecule has 1 aliphatic rings. The van der Waals surface area contributed by atoms with Gasteiger partial charge in [-0.25, -0.2) is 0 Å². The van der Waals surface area contributed by atoms with Crippen LogP contribution in [0.3, 0.4) is 0 Å². The van der Waals surface area contributed by atoms with E-state index in [0.717, 1.165) is 43.4 Å². The normalized spacial score (nSPS) is 15.3. The minimum atomic E-state index is 0. The third-order valence-electron chi connectivity index (χ3n) is 5.61. The fourth-order valence-electron chi connectivity index (χ4n) is 3.77. The monoisotopic (exact) mass is 403 g/mol. The predicted octanol–water partition coefficient (Wildman–Crippen LogP) is 3.22. The van der Waals surface area contributed by atoms with E-state index in [1.807, 2.05) is 50.5 Å². The molecule has 1 saturated carbocycles. The van der Waals surface area contributed by atoms with Crippen molar-refractivity contribution < 1.29 is 6.22 Å². The van der Waals surface area contributed by atoms with Gasteiger partial charge in [0.2, 0.25) is 5.91 Å². The van der Waals surface area contributed by atoms with E-state index in [0.29, 0.717) is 13.1 Å². The fraction of sp³-hybridized carbons (Fsp3) is 0.696. The molecule has 0 saturated heterocycles. The lowest BCUT2D eigenvalue weighted by molar-refractivity contribution is -0.130. The predicted molar refractivity (Wildman–Crippen MR) is 123 cm³/mol. The van der Waals surface area contributed by atoms with Crippen molar-refractivity contribution in [1.82, 2.24) is 20.1 Å². The fourth-order valence-corrected chi connectivity index (χ4v) is 3.77. The van der Waals surface area contributed by atoms with Crippen molar-refractivity contribution in [2.24, 2.45) is 10.9 Å². The van der Waals surface area contributed by atoms with Crippen LogP contribution in [0.4, 0.5) is 0 Å². The zero-order valence-electron chi connectivity index (χ0n) is 18.6. The van der Waals surface area contributed by atoms with Crippen molar-refractivity contribution in [2.75, 3.05) is 46.8 Å². The molecule has 29 heavy (non-hydrogen) atoms. The molecule has 0 spiro atoms. The topological polar surface area (TPSA) is 60.8 Å². The van der Waals surface area contributed by atoms with Crippen molar-refractivity contribution >= 4 is 12.1 Å². The van der Waals surface area contributed by atoms with E-state index in [-0.39, 0.29) is 7.33 Å². The van der Waals surface area contributed by atoms with Crippen LogP contribution in [0.2, 0.25) is 0 Å². The van der Waals surface area contributed by atoms with Crippen LogP contribution >= 0.6 is 0 Å². The third kappa shape index (κ3) is 9.50. The summed E-state index contributed by atoms with van der Waals surface area (Å²) < 4.78 is 0. The van der Waals surface area contributed by atoms with Gasteiger partial charge in [0, 0.05) is 46.6 Å². The number of amides is 1. The summed E-state index contributed by atoms with van der Waals surface area (Å²) in [6.07, 6.45) is 11.9. The second kappa shape index (κ2) is 13.4. The van der Waals surface area contributed by atoms with Gasteiger partial charge in [0.25, 0.3) is 0 Å². The maximum atomic E-state index is 12.4. The Morgan fingerprint density at radius 1 is 1.31 bits per heavy atom. The molecule has 6 nitrogen and oxygen atoms in total. The highest BCUT2D eigenvalue weighted by Gasteiger charge is 2.12. The third-order valence-corrected chi connectivity index (χ3v) is 5.61. The van der Waals surface area contributed by atoms with Crippen LogP contribution in [0.1, 0.15) is 58.1 Å². The molecule has 0 aromatic carbocycles. The number of pyridine rings is 1. The number of aromatic nitrogens is 1. The van der Waals surface area contributed by atoms with Crippen LogP contribution in [0.15, 0.2) is 23.3 Å². The Labute approximate surface area is 178 Å². The minimum absolute atomic E-state index is 0. The van der Waals surface area contributed by atoms with E-state index in [4.69, 9.17) is 0 Å². The van der Waals surface area contributed by atoms with Crippen molar-refractivity contribution in [2.45, 2.75) is 52.0 Å². The Balaban J connectivity index is 0.00000450. The van der Waals surface area contributed by atoms with Gasteiger partial charge in [0.1, 0.15) is 0 Å². The van der Waals surface area contributed by atoms with Crippen molar-refractivity contribution in [1.29, 1.82) is 0 Å². The summed E-state index contributed by atoms with van der Waals surface area (Å²) in [6.45, 7) is 6.22. The van der Waals surface area contributed by atoms with Gasteiger partial charge in [-0.15, -0.1) is 0 Å². The van der Waals surface area contributed by atoms with Crippen molar-refractivity contribution in [3.05, 3.63) is 29.6 Å². The Morgan fingerprint density at radius 3 is 2.83 bits per heavy atom. The van der Waals surface area contributed by atoms with Crippen LogP contribution in [0.25, 0.3) is 0 Å². The average molecular weight is 404 g/mol. The summed E-state index contributed by atoms with van der Waals surface area (Å²) in [5, 5.41) is 3.23. The van der Waals surface area contributed by atoms with E-state index >= 15 is 0 Å². The molecule has 1 heterocycles. The Hall–Kier alpha value is -1.79. The number of rotatable bonds is 12. The molecule has 1 aliphatic carbocycles. The van der Waals surface area contributed by atoms with E-state index < -0.39 is 0 Å². The lowest BCUT2D eigenvalue weighted by Gasteiger charge is -2.23. The second-order valence-electron chi connectivity index (χ2n) is 8.29. The lowest BCUT2D eigenvalue weighted by Crippen LogP contribution is -2.41. The summed E-state index contributed by atoms with van der Waals surface area (Å²) >= 11 is 0. The van der Waals surface area contributed by atoms with Gasteiger partial charge in [-0.1, -0.05) is 32.1 Å². The zero-order chi connectivity index (χ0) is 20.9. The van der Waals surface area contributed by atoms with Gasteiger partial charge in [-0.05, 0) is 51.1 Å². The number of likely N-dealkylation sites (N-methyl/N-ethyl adjacent to an activating group) is 2. The molecular weight excluding hydrogens is 362 g/mol. The largest absolute Gasteiger partial charge is 0.341 e. The SMILES string of the molecule is CCN(CCN(C)C)C(=O)CNCc1cc(C=NCCC2CCCCC2)ccn1.[HH]. The first-order valence-corrected chi connectivity index (χ1v) is 11.2. The molecule has 1 aromatic heterocycles. The van der Waals surface area contributed by atoms with Gasteiger partial charge in [0.15, 0.2) is 0 Å². The zero-order valence-corrected chi connectivity index (χ0v) is 18.6. The Bertz CT molecular complexity index is 632. The Kier molecular flexibility index (Phi) is 10.9. The van der Waals surface area contributed by atoms with Crippen molar-refractivity contribution in [3.8, 4) is 0 Å². The molecule has 0 unspecified atom stereocenters. The Morgan fingerprint density at radius 2 is 2.10 bits per heavy atom. The van der Waals surface area contributed by atoms with Gasteiger partial charge < -0.3 is 15.1 Å². The molecule has 0 radical (unpaired) electrons.